The van der Waals surface area contributed by atoms with Crippen LogP contribution >= 0.6 is 11.6 Å². The minimum absolute atomic E-state index is 0.0280. The van der Waals surface area contributed by atoms with Crippen molar-refractivity contribution in [1.82, 2.24) is 0 Å². The fourth-order valence-corrected chi connectivity index (χ4v) is 2.91. The molecule has 0 aromatic heterocycles. The van der Waals surface area contributed by atoms with E-state index in [-0.39, 0.29) is 5.41 Å². The smallest absolute Gasteiger partial charge is 0.129 e. The maximum absolute atomic E-state index is 13.5. The van der Waals surface area contributed by atoms with Crippen LogP contribution in [0, 0.1) is 17.0 Å². The molecule has 2 rings (SSSR count). The fourth-order valence-electron chi connectivity index (χ4n) is 2.55. The molecule has 88 valence electrons. The van der Waals surface area contributed by atoms with Gasteiger partial charge < -0.3 is 0 Å². The van der Waals surface area contributed by atoms with Crippen molar-refractivity contribution < 1.29 is 8.78 Å². The SMILES string of the molecule is Fc1ccc(CC2(CCl)CCCC2)c(F)c1. The predicted octanol–water partition coefficient (Wildman–Crippen LogP) is 4.31. The van der Waals surface area contributed by atoms with Crippen LogP contribution < -0.4 is 0 Å². The molecule has 3 heteroatoms. The monoisotopic (exact) mass is 244 g/mol. The lowest BCUT2D eigenvalue weighted by Crippen LogP contribution is -2.22. The van der Waals surface area contributed by atoms with E-state index in [1.807, 2.05) is 0 Å². The molecule has 1 aliphatic carbocycles. The predicted molar refractivity (Wildman–Crippen MR) is 61.7 cm³/mol. The zero-order valence-electron chi connectivity index (χ0n) is 9.11. The topological polar surface area (TPSA) is 0 Å². The van der Waals surface area contributed by atoms with E-state index in [0.717, 1.165) is 31.7 Å². The van der Waals surface area contributed by atoms with Gasteiger partial charge in [0.15, 0.2) is 0 Å². The molecule has 0 spiro atoms. The lowest BCUT2D eigenvalue weighted by Gasteiger charge is -2.26. The van der Waals surface area contributed by atoms with Gasteiger partial charge >= 0.3 is 0 Å². The molecule has 1 aliphatic rings. The first-order valence-electron chi connectivity index (χ1n) is 5.65. The van der Waals surface area contributed by atoms with Crippen LogP contribution in [0.1, 0.15) is 31.2 Å². The first-order chi connectivity index (χ1) is 7.65. The molecule has 1 fully saturated rings. The van der Waals surface area contributed by atoms with E-state index in [1.54, 1.807) is 0 Å². The van der Waals surface area contributed by atoms with E-state index in [2.05, 4.69) is 0 Å². The Hall–Kier alpha value is -0.630. The molecule has 0 N–H and O–H groups in total. The second-order valence-corrected chi connectivity index (χ2v) is 5.02. The van der Waals surface area contributed by atoms with Crippen LogP contribution in [-0.2, 0) is 6.42 Å². The molecule has 1 saturated carbocycles. The Morgan fingerprint density at radius 1 is 1.19 bits per heavy atom. The van der Waals surface area contributed by atoms with Crippen molar-refractivity contribution in [2.24, 2.45) is 5.41 Å². The van der Waals surface area contributed by atoms with Gasteiger partial charge in [-0.05, 0) is 36.3 Å². The normalized spacial score (nSPS) is 18.9. The highest BCUT2D eigenvalue weighted by atomic mass is 35.5. The largest absolute Gasteiger partial charge is 0.207 e. The summed E-state index contributed by atoms with van der Waals surface area (Å²) in [4.78, 5) is 0. The third-order valence-corrected chi connectivity index (χ3v) is 4.10. The minimum atomic E-state index is -0.521. The molecule has 0 aliphatic heterocycles. The van der Waals surface area contributed by atoms with Gasteiger partial charge in [-0.15, -0.1) is 11.6 Å². The quantitative estimate of drug-likeness (QED) is 0.696. The van der Waals surface area contributed by atoms with Gasteiger partial charge in [-0.3, -0.25) is 0 Å². The van der Waals surface area contributed by atoms with Gasteiger partial charge in [-0.25, -0.2) is 8.78 Å². The summed E-state index contributed by atoms with van der Waals surface area (Å²) in [7, 11) is 0. The summed E-state index contributed by atoms with van der Waals surface area (Å²) < 4.78 is 26.3. The van der Waals surface area contributed by atoms with E-state index in [1.165, 1.54) is 12.1 Å². The van der Waals surface area contributed by atoms with Crippen molar-refractivity contribution in [3.8, 4) is 0 Å². The van der Waals surface area contributed by atoms with Crippen LogP contribution in [0.15, 0.2) is 18.2 Å². The number of benzene rings is 1. The molecule has 1 aromatic rings. The summed E-state index contributed by atoms with van der Waals surface area (Å²) in [6.07, 6.45) is 5.05. The van der Waals surface area contributed by atoms with Gasteiger partial charge in [0, 0.05) is 11.9 Å². The Morgan fingerprint density at radius 2 is 1.88 bits per heavy atom. The molecule has 0 radical (unpaired) electrons. The maximum Gasteiger partial charge on any atom is 0.129 e. The van der Waals surface area contributed by atoms with Crippen LogP contribution in [0.3, 0.4) is 0 Å². The molecule has 1 aromatic carbocycles. The Labute approximate surface area is 99.6 Å². The fraction of sp³-hybridized carbons (Fsp3) is 0.538. The Balaban J connectivity index is 2.19. The number of halogens is 3. The van der Waals surface area contributed by atoms with Gasteiger partial charge in [0.2, 0.25) is 0 Å². The van der Waals surface area contributed by atoms with Gasteiger partial charge in [-0.2, -0.15) is 0 Å². The van der Waals surface area contributed by atoms with Crippen molar-refractivity contribution in [3.63, 3.8) is 0 Å². The number of hydrogen-bond acceptors (Lipinski definition) is 0. The summed E-state index contributed by atoms with van der Waals surface area (Å²) in [6.45, 7) is 0. The van der Waals surface area contributed by atoms with Crippen LogP contribution in [0.4, 0.5) is 8.78 Å². The van der Waals surface area contributed by atoms with Crippen molar-refractivity contribution in [2.45, 2.75) is 32.1 Å². The minimum Gasteiger partial charge on any atom is -0.207 e. The van der Waals surface area contributed by atoms with Crippen LogP contribution in [-0.4, -0.2) is 5.88 Å². The Morgan fingerprint density at radius 3 is 2.44 bits per heavy atom. The molecule has 0 saturated heterocycles. The molecule has 0 amide bonds. The van der Waals surface area contributed by atoms with Gasteiger partial charge in [0.05, 0.1) is 0 Å². The molecule has 0 nitrogen and oxygen atoms in total. The first-order valence-corrected chi connectivity index (χ1v) is 6.19. The lowest BCUT2D eigenvalue weighted by molar-refractivity contribution is 0.335. The first kappa shape index (κ1) is 11.8. The second kappa shape index (κ2) is 4.70. The van der Waals surface area contributed by atoms with Crippen LogP contribution in [0.2, 0.25) is 0 Å². The summed E-state index contributed by atoms with van der Waals surface area (Å²) in [5.74, 6) is -0.409. The van der Waals surface area contributed by atoms with Crippen LogP contribution in [0.5, 0.6) is 0 Å². The summed E-state index contributed by atoms with van der Waals surface area (Å²) in [5.41, 5.74) is 0.615. The molecule has 0 bridgehead atoms. The molecular formula is C13H15ClF2. The average Bonchev–Trinajstić information content (AvgIpc) is 2.72. The maximum atomic E-state index is 13.5. The van der Waals surface area contributed by atoms with E-state index >= 15 is 0 Å². The van der Waals surface area contributed by atoms with Gasteiger partial charge in [0.1, 0.15) is 11.6 Å². The lowest BCUT2D eigenvalue weighted by atomic mass is 9.82. The third kappa shape index (κ3) is 2.37. The average molecular weight is 245 g/mol. The Kier molecular flexibility index (Phi) is 3.48. The summed E-state index contributed by atoms with van der Waals surface area (Å²) >= 11 is 6.00. The van der Waals surface area contributed by atoms with E-state index in [9.17, 15) is 8.78 Å². The van der Waals surface area contributed by atoms with Crippen molar-refractivity contribution in [3.05, 3.63) is 35.4 Å². The molecule has 16 heavy (non-hydrogen) atoms. The van der Waals surface area contributed by atoms with Gasteiger partial charge in [-0.1, -0.05) is 18.9 Å². The van der Waals surface area contributed by atoms with Crippen molar-refractivity contribution >= 4 is 11.6 Å². The van der Waals surface area contributed by atoms with E-state index in [4.69, 9.17) is 11.6 Å². The highest BCUT2D eigenvalue weighted by Gasteiger charge is 2.33. The zero-order valence-corrected chi connectivity index (χ0v) is 9.86. The second-order valence-electron chi connectivity index (χ2n) is 4.75. The molecular weight excluding hydrogens is 230 g/mol. The van der Waals surface area contributed by atoms with Crippen molar-refractivity contribution in [1.29, 1.82) is 0 Å². The number of rotatable bonds is 3. The van der Waals surface area contributed by atoms with Crippen molar-refractivity contribution in [2.75, 3.05) is 5.88 Å². The zero-order chi connectivity index (χ0) is 11.6. The van der Waals surface area contributed by atoms with E-state index in [0.29, 0.717) is 17.9 Å². The highest BCUT2D eigenvalue weighted by Crippen LogP contribution is 2.42. The Bertz CT molecular complexity index is 370. The number of alkyl halides is 1. The summed E-state index contributed by atoms with van der Waals surface area (Å²) in [6, 6.07) is 3.80. The molecule has 0 heterocycles. The van der Waals surface area contributed by atoms with E-state index < -0.39 is 11.6 Å². The highest BCUT2D eigenvalue weighted by molar-refractivity contribution is 6.18. The van der Waals surface area contributed by atoms with Gasteiger partial charge in [0.25, 0.3) is 0 Å². The standard InChI is InChI=1S/C13H15ClF2/c14-9-13(5-1-2-6-13)8-10-3-4-11(15)7-12(10)16/h3-4,7H,1-2,5-6,8-9H2. The summed E-state index contributed by atoms with van der Waals surface area (Å²) in [5, 5.41) is 0. The molecule has 0 atom stereocenters. The molecule has 0 unspecified atom stereocenters. The van der Waals surface area contributed by atoms with Crippen LogP contribution in [0.25, 0.3) is 0 Å². The third-order valence-electron chi connectivity index (χ3n) is 3.53. The number of hydrogen-bond donors (Lipinski definition) is 0.